The van der Waals surface area contributed by atoms with Gasteiger partial charge in [0.2, 0.25) is 0 Å². The Bertz CT molecular complexity index is 743. The van der Waals surface area contributed by atoms with Crippen molar-refractivity contribution >= 4 is 25.9 Å². The van der Waals surface area contributed by atoms with Crippen molar-refractivity contribution in [1.29, 1.82) is 0 Å². The van der Waals surface area contributed by atoms with Gasteiger partial charge in [-0.15, -0.1) is 0 Å². The predicted molar refractivity (Wildman–Crippen MR) is 82.7 cm³/mol. The molecule has 0 unspecified atom stereocenters. The Labute approximate surface area is 135 Å². The summed E-state index contributed by atoms with van der Waals surface area (Å²) in [5, 5.41) is 0. The van der Waals surface area contributed by atoms with Gasteiger partial charge in [-0.2, -0.15) is 8.42 Å². The van der Waals surface area contributed by atoms with Crippen molar-refractivity contribution in [3.8, 4) is 11.5 Å². The molecular formula is C12H19NO8S2. The largest absolute Gasteiger partial charge is 0.492 e. The molecule has 132 valence electrons. The Morgan fingerprint density at radius 1 is 1.04 bits per heavy atom. The van der Waals surface area contributed by atoms with E-state index < -0.39 is 32.6 Å². The molecule has 0 heterocycles. The molecule has 0 aliphatic carbocycles. The quantitative estimate of drug-likeness (QED) is 0.474. The van der Waals surface area contributed by atoms with Crippen LogP contribution < -0.4 is 15.2 Å². The molecule has 3 N–H and O–H groups in total. The van der Waals surface area contributed by atoms with E-state index in [9.17, 15) is 16.8 Å². The maximum atomic E-state index is 12.3. The average molecular weight is 369 g/mol. The van der Waals surface area contributed by atoms with Crippen LogP contribution in [-0.2, 0) is 24.4 Å². The first-order chi connectivity index (χ1) is 10.6. The first-order valence-corrected chi connectivity index (χ1v) is 9.66. The Balaban J connectivity index is 3.15. The summed E-state index contributed by atoms with van der Waals surface area (Å²) in [6.07, 6.45) is 0. The molecule has 0 aromatic heterocycles. The second-order valence-electron chi connectivity index (χ2n) is 4.27. The zero-order valence-electron chi connectivity index (χ0n) is 12.7. The van der Waals surface area contributed by atoms with Crippen LogP contribution in [0.1, 0.15) is 13.8 Å². The summed E-state index contributed by atoms with van der Waals surface area (Å²) < 4.78 is 68.6. The number of sulfone groups is 1. The molecule has 0 amide bonds. The van der Waals surface area contributed by atoms with E-state index in [1.54, 1.807) is 13.8 Å². The third-order valence-corrected chi connectivity index (χ3v) is 4.75. The topological polar surface area (TPSA) is 142 Å². The van der Waals surface area contributed by atoms with Crippen LogP contribution in [0.4, 0.5) is 5.69 Å². The molecule has 0 bridgehead atoms. The van der Waals surface area contributed by atoms with Crippen LogP contribution in [0, 0.1) is 0 Å². The van der Waals surface area contributed by atoms with Gasteiger partial charge in [0.25, 0.3) is 0 Å². The van der Waals surface area contributed by atoms with E-state index in [0.29, 0.717) is 6.61 Å². The maximum absolute atomic E-state index is 12.3. The number of nitrogen functional groups attached to an aromatic ring is 1. The average Bonchev–Trinajstić information content (AvgIpc) is 2.40. The van der Waals surface area contributed by atoms with Gasteiger partial charge >= 0.3 is 10.4 Å². The number of benzene rings is 1. The maximum Gasteiger partial charge on any atom is 0.397 e. The standard InChI is InChI=1S/C12H19NO8S2/c1-3-19-10-8-11(20-4-2)12(7-9(10)13)22(14,15)6-5-21-23(16,17)18/h7-8H,3-6,13H2,1-2H3,(H,16,17,18). The molecule has 0 aliphatic rings. The van der Waals surface area contributed by atoms with Gasteiger partial charge in [0, 0.05) is 6.07 Å². The highest BCUT2D eigenvalue weighted by Crippen LogP contribution is 2.34. The SMILES string of the molecule is CCOc1cc(OCC)c(S(=O)(=O)CCOS(=O)(=O)O)cc1N. The number of ether oxygens (including phenoxy) is 2. The Morgan fingerprint density at radius 3 is 2.13 bits per heavy atom. The van der Waals surface area contributed by atoms with Crippen LogP contribution in [-0.4, -0.2) is 47.0 Å². The molecule has 1 aromatic rings. The van der Waals surface area contributed by atoms with Crippen LogP contribution >= 0.6 is 0 Å². The summed E-state index contributed by atoms with van der Waals surface area (Å²) in [4.78, 5) is -0.209. The van der Waals surface area contributed by atoms with E-state index in [-0.39, 0.29) is 28.7 Å². The van der Waals surface area contributed by atoms with Gasteiger partial charge in [0.1, 0.15) is 16.4 Å². The van der Waals surface area contributed by atoms with E-state index in [0.717, 1.165) is 0 Å². The lowest BCUT2D eigenvalue weighted by atomic mass is 10.3. The molecule has 0 fully saturated rings. The first-order valence-electron chi connectivity index (χ1n) is 6.64. The highest BCUT2D eigenvalue weighted by atomic mass is 32.3. The summed E-state index contributed by atoms with van der Waals surface area (Å²) in [6, 6.07) is 2.54. The number of rotatable bonds is 9. The van der Waals surface area contributed by atoms with Crippen molar-refractivity contribution in [2.45, 2.75) is 18.7 Å². The molecule has 1 aromatic carbocycles. The lowest BCUT2D eigenvalue weighted by Crippen LogP contribution is -2.17. The Hall–Kier alpha value is -1.56. The minimum atomic E-state index is -4.71. The second-order valence-corrected chi connectivity index (χ2v) is 7.44. The minimum Gasteiger partial charge on any atom is -0.492 e. The van der Waals surface area contributed by atoms with E-state index in [2.05, 4.69) is 4.18 Å². The molecular weight excluding hydrogens is 350 g/mol. The van der Waals surface area contributed by atoms with Crippen LogP contribution in [0.15, 0.2) is 17.0 Å². The molecule has 0 spiro atoms. The molecule has 0 saturated heterocycles. The fraction of sp³-hybridized carbons (Fsp3) is 0.500. The van der Waals surface area contributed by atoms with Crippen LogP contribution in [0.2, 0.25) is 0 Å². The summed E-state index contributed by atoms with van der Waals surface area (Å²) in [5.74, 6) is -0.360. The van der Waals surface area contributed by atoms with Crippen molar-refractivity contribution in [3.63, 3.8) is 0 Å². The van der Waals surface area contributed by atoms with Crippen molar-refractivity contribution in [3.05, 3.63) is 12.1 Å². The van der Waals surface area contributed by atoms with E-state index in [1.807, 2.05) is 0 Å². The van der Waals surface area contributed by atoms with Crippen molar-refractivity contribution < 1.29 is 35.0 Å². The van der Waals surface area contributed by atoms with Gasteiger partial charge in [0.05, 0.1) is 31.3 Å². The molecule has 23 heavy (non-hydrogen) atoms. The summed E-state index contributed by atoms with van der Waals surface area (Å²) in [6.45, 7) is 3.23. The van der Waals surface area contributed by atoms with Gasteiger partial charge < -0.3 is 15.2 Å². The fourth-order valence-corrected chi connectivity index (χ4v) is 3.36. The smallest absolute Gasteiger partial charge is 0.397 e. The minimum absolute atomic E-state index is 0.0389. The molecule has 0 saturated carbocycles. The van der Waals surface area contributed by atoms with E-state index >= 15 is 0 Å². The summed E-state index contributed by atoms with van der Waals surface area (Å²) in [5.41, 5.74) is 5.86. The first kappa shape index (κ1) is 19.5. The molecule has 0 atom stereocenters. The highest BCUT2D eigenvalue weighted by molar-refractivity contribution is 7.91. The van der Waals surface area contributed by atoms with Crippen molar-refractivity contribution in [1.82, 2.24) is 0 Å². The van der Waals surface area contributed by atoms with Gasteiger partial charge in [0.15, 0.2) is 9.84 Å². The molecule has 0 radical (unpaired) electrons. The zero-order chi connectivity index (χ0) is 17.7. The number of nitrogens with two attached hydrogens (primary N) is 1. The van der Waals surface area contributed by atoms with Crippen LogP contribution in [0.5, 0.6) is 11.5 Å². The van der Waals surface area contributed by atoms with E-state index in [4.69, 9.17) is 19.8 Å². The van der Waals surface area contributed by atoms with E-state index in [1.165, 1.54) is 12.1 Å². The van der Waals surface area contributed by atoms with Gasteiger partial charge in [-0.05, 0) is 19.9 Å². The van der Waals surface area contributed by atoms with Gasteiger partial charge in [-0.1, -0.05) is 0 Å². The summed E-state index contributed by atoms with van der Waals surface area (Å²) >= 11 is 0. The lowest BCUT2D eigenvalue weighted by molar-refractivity contribution is 0.283. The molecule has 1 rings (SSSR count). The molecule has 0 aliphatic heterocycles. The summed E-state index contributed by atoms with van der Waals surface area (Å²) in [7, 11) is -8.66. The van der Waals surface area contributed by atoms with Gasteiger partial charge in [-0.3, -0.25) is 4.55 Å². The monoisotopic (exact) mass is 369 g/mol. The number of anilines is 1. The predicted octanol–water partition coefficient (Wildman–Crippen LogP) is 0.659. The van der Waals surface area contributed by atoms with Crippen molar-refractivity contribution in [2.75, 3.05) is 31.3 Å². The van der Waals surface area contributed by atoms with Crippen molar-refractivity contribution in [2.24, 2.45) is 0 Å². The van der Waals surface area contributed by atoms with Crippen LogP contribution in [0.3, 0.4) is 0 Å². The number of hydrogen-bond donors (Lipinski definition) is 2. The number of hydrogen-bond acceptors (Lipinski definition) is 8. The Morgan fingerprint density at radius 2 is 1.61 bits per heavy atom. The highest BCUT2D eigenvalue weighted by Gasteiger charge is 2.23. The normalized spacial score (nSPS) is 12.1. The third-order valence-electron chi connectivity index (χ3n) is 2.60. The second kappa shape index (κ2) is 7.81. The third kappa shape index (κ3) is 5.86. The zero-order valence-corrected chi connectivity index (χ0v) is 14.3. The van der Waals surface area contributed by atoms with Crippen LogP contribution in [0.25, 0.3) is 0 Å². The lowest BCUT2D eigenvalue weighted by Gasteiger charge is -2.15. The Kier molecular flexibility index (Phi) is 6.62. The molecule has 9 nitrogen and oxygen atoms in total. The molecule has 11 heteroatoms. The van der Waals surface area contributed by atoms with Gasteiger partial charge in [-0.25, -0.2) is 12.6 Å². The fourth-order valence-electron chi connectivity index (χ4n) is 1.71.